The van der Waals surface area contributed by atoms with Crippen LogP contribution in [0.4, 0.5) is 0 Å². The van der Waals surface area contributed by atoms with Gasteiger partial charge in [0.15, 0.2) is 16.8 Å². The van der Waals surface area contributed by atoms with E-state index in [1.807, 2.05) is 47.0 Å². The summed E-state index contributed by atoms with van der Waals surface area (Å²) in [7, 11) is 1.59. The molecule has 0 aliphatic rings. The molecule has 0 radical (unpaired) electrons. The Labute approximate surface area is 186 Å². The van der Waals surface area contributed by atoms with Gasteiger partial charge in [-0.3, -0.25) is 14.3 Å². The number of ether oxygens (including phenoxy) is 1. The molecule has 0 bridgehead atoms. The van der Waals surface area contributed by atoms with Crippen LogP contribution < -0.4 is 4.74 Å². The molecule has 4 aromatic rings. The van der Waals surface area contributed by atoms with Gasteiger partial charge in [0.05, 0.1) is 17.3 Å². The zero-order chi connectivity index (χ0) is 20.9. The molecule has 0 fully saturated rings. The molecule has 2 heterocycles. The summed E-state index contributed by atoms with van der Waals surface area (Å²) in [6.07, 6.45) is 3.44. The van der Waals surface area contributed by atoms with Gasteiger partial charge in [-0.25, -0.2) is 0 Å². The third-order valence-electron chi connectivity index (χ3n) is 4.39. The van der Waals surface area contributed by atoms with Crippen molar-refractivity contribution in [2.45, 2.75) is 5.16 Å². The minimum Gasteiger partial charge on any atom is -0.496 e. The van der Waals surface area contributed by atoms with Crippen molar-refractivity contribution in [1.82, 2.24) is 19.7 Å². The monoisotopic (exact) mass is 480 g/mol. The van der Waals surface area contributed by atoms with Crippen LogP contribution in [0.5, 0.6) is 5.75 Å². The predicted molar refractivity (Wildman–Crippen MR) is 120 cm³/mol. The van der Waals surface area contributed by atoms with E-state index in [9.17, 15) is 4.79 Å². The molecule has 0 aliphatic heterocycles. The van der Waals surface area contributed by atoms with Gasteiger partial charge in [0.2, 0.25) is 0 Å². The van der Waals surface area contributed by atoms with Crippen LogP contribution in [-0.2, 0) is 0 Å². The number of methoxy groups -OCH3 is 1. The van der Waals surface area contributed by atoms with Gasteiger partial charge in [-0.1, -0.05) is 30.0 Å². The zero-order valence-electron chi connectivity index (χ0n) is 16.0. The highest BCUT2D eigenvalue weighted by molar-refractivity contribution is 9.10. The molecule has 0 unspecified atom stereocenters. The first-order valence-corrected chi connectivity index (χ1v) is 10.9. The average molecular weight is 481 g/mol. The maximum atomic E-state index is 12.7. The summed E-state index contributed by atoms with van der Waals surface area (Å²) in [5.74, 6) is 1.62. The number of rotatable bonds is 7. The van der Waals surface area contributed by atoms with Crippen molar-refractivity contribution in [3.8, 4) is 22.8 Å². The molecule has 0 saturated heterocycles. The van der Waals surface area contributed by atoms with E-state index in [2.05, 4.69) is 31.1 Å². The summed E-state index contributed by atoms with van der Waals surface area (Å²) in [6, 6.07) is 18.9. The lowest BCUT2D eigenvalue weighted by Crippen LogP contribution is -2.05. The van der Waals surface area contributed by atoms with Crippen LogP contribution in [0.1, 0.15) is 10.4 Å². The van der Waals surface area contributed by atoms with Crippen molar-refractivity contribution in [3.63, 3.8) is 0 Å². The molecule has 0 spiro atoms. The Balaban J connectivity index is 1.62. The van der Waals surface area contributed by atoms with Crippen molar-refractivity contribution in [1.29, 1.82) is 0 Å². The summed E-state index contributed by atoms with van der Waals surface area (Å²) in [4.78, 5) is 16.8. The quantitative estimate of drug-likeness (QED) is 0.271. The summed E-state index contributed by atoms with van der Waals surface area (Å²) < 4.78 is 7.93. The largest absolute Gasteiger partial charge is 0.496 e. The van der Waals surface area contributed by atoms with Crippen molar-refractivity contribution in [2.24, 2.45) is 0 Å². The Bertz CT molecular complexity index is 1170. The number of Topliss-reactive ketones (excluding diaryl/α,β-unsaturated/α-hetero) is 1. The van der Waals surface area contributed by atoms with E-state index in [1.54, 1.807) is 37.7 Å². The highest BCUT2D eigenvalue weighted by Gasteiger charge is 2.18. The second-order valence-electron chi connectivity index (χ2n) is 6.27. The lowest BCUT2D eigenvalue weighted by Gasteiger charge is -2.10. The molecule has 2 aromatic heterocycles. The van der Waals surface area contributed by atoms with Crippen molar-refractivity contribution in [2.75, 3.05) is 12.9 Å². The smallest absolute Gasteiger partial charge is 0.196 e. The van der Waals surface area contributed by atoms with Gasteiger partial charge in [-0.05, 0) is 58.4 Å². The Morgan fingerprint density at radius 1 is 1.07 bits per heavy atom. The van der Waals surface area contributed by atoms with Crippen LogP contribution >= 0.6 is 27.7 Å². The van der Waals surface area contributed by atoms with Crippen molar-refractivity contribution in [3.05, 3.63) is 83.1 Å². The minimum atomic E-state index is -0.00331. The first-order valence-electron chi connectivity index (χ1n) is 9.08. The zero-order valence-corrected chi connectivity index (χ0v) is 18.4. The molecule has 0 saturated carbocycles. The van der Waals surface area contributed by atoms with Crippen molar-refractivity contribution < 1.29 is 9.53 Å². The summed E-state index contributed by atoms with van der Waals surface area (Å²) in [6.45, 7) is 0. The summed E-state index contributed by atoms with van der Waals surface area (Å²) >= 11 is 4.78. The van der Waals surface area contributed by atoms with Gasteiger partial charge >= 0.3 is 0 Å². The molecule has 2 aromatic carbocycles. The molecule has 0 amide bonds. The lowest BCUT2D eigenvalue weighted by atomic mass is 10.1. The number of carbonyl (C=O) groups excluding carboxylic acids is 1. The lowest BCUT2D eigenvalue weighted by molar-refractivity contribution is 0.102. The van der Waals surface area contributed by atoms with Gasteiger partial charge in [-0.15, -0.1) is 10.2 Å². The number of benzene rings is 2. The fourth-order valence-electron chi connectivity index (χ4n) is 2.91. The van der Waals surface area contributed by atoms with Crippen LogP contribution in [0, 0.1) is 0 Å². The molecule has 4 rings (SSSR count). The van der Waals surface area contributed by atoms with E-state index < -0.39 is 0 Å². The number of halogens is 1. The molecular formula is C22H17BrN4O2S. The highest BCUT2D eigenvalue weighted by atomic mass is 79.9. The summed E-state index contributed by atoms with van der Waals surface area (Å²) in [5.41, 5.74) is 2.44. The number of thioether (sulfide) groups is 1. The van der Waals surface area contributed by atoms with Crippen LogP contribution in [0.25, 0.3) is 17.1 Å². The number of hydrogen-bond acceptors (Lipinski definition) is 6. The molecule has 6 nitrogen and oxygen atoms in total. The topological polar surface area (TPSA) is 69.9 Å². The summed E-state index contributed by atoms with van der Waals surface area (Å²) in [5, 5.41) is 9.38. The van der Waals surface area contributed by atoms with E-state index >= 15 is 0 Å². The first-order chi connectivity index (χ1) is 14.7. The molecule has 30 heavy (non-hydrogen) atoms. The Kier molecular flexibility index (Phi) is 6.25. The standard InChI is InChI=1S/C22H17BrN4O2S/c1-29-20-8-7-16(13-18(20)23)19(28)14-30-22-26-25-21(15-9-11-24-12-10-15)27(22)17-5-3-2-4-6-17/h2-13H,14H2,1H3. The number of para-hydroxylation sites is 1. The normalized spacial score (nSPS) is 10.7. The molecule has 0 aliphatic carbocycles. The minimum absolute atomic E-state index is 0.00331. The number of hydrogen-bond donors (Lipinski definition) is 0. The van der Waals surface area contributed by atoms with E-state index in [1.165, 1.54) is 11.8 Å². The van der Waals surface area contributed by atoms with Gasteiger partial charge in [0.1, 0.15) is 5.75 Å². The predicted octanol–water partition coefficient (Wildman–Crippen LogP) is 5.08. The van der Waals surface area contributed by atoms with Gasteiger partial charge in [0.25, 0.3) is 0 Å². The Hall–Kier alpha value is -2.97. The second-order valence-corrected chi connectivity index (χ2v) is 8.07. The van der Waals surface area contributed by atoms with Gasteiger partial charge < -0.3 is 4.74 Å². The van der Waals surface area contributed by atoms with Crippen molar-refractivity contribution >= 4 is 33.5 Å². The Morgan fingerprint density at radius 2 is 1.83 bits per heavy atom. The molecule has 0 atom stereocenters. The number of ketones is 1. The van der Waals surface area contributed by atoms with Crippen LogP contribution in [0.2, 0.25) is 0 Å². The second kappa shape index (κ2) is 9.23. The van der Waals surface area contributed by atoms with Crippen LogP contribution in [0.3, 0.4) is 0 Å². The average Bonchev–Trinajstić information content (AvgIpc) is 3.22. The SMILES string of the molecule is COc1ccc(C(=O)CSc2nnc(-c3ccncc3)n2-c2ccccc2)cc1Br. The van der Waals surface area contributed by atoms with Gasteiger partial charge in [0, 0.05) is 29.2 Å². The number of pyridine rings is 1. The third-order valence-corrected chi connectivity index (χ3v) is 5.94. The van der Waals surface area contributed by atoms with E-state index in [4.69, 9.17) is 4.74 Å². The van der Waals surface area contributed by atoms with E-state index in [-0.39, 0.29) is 11.5 Å². The fraction of sp³-hybridized carbons (Fsp3) is 0.0909. The van der Waals surface area contributed by atoms with Crippen LogP contribution in [0.15, 0.2) is 82.7 Å². The van der Waals surface area contributed by atoms with E-state index in [0.717, 1.165) is 15.7 Å². The fourth-order valence-corrected chi connectivity index (χ4v) is 4.30. The number of carbonyl (C=O) groups is 1. The third kappa shape index (κ3) is 4.29. The van der Waals surface area contributed by atoms with E-state index in [0.29, 0.717) is 22.3 Å². The first kappa shape index (κ1) is 20.3. The molecule has 0 N–H and O–H groups in total. The maximum absolute atomic E-state index is 12.7. The molecule has 8 heteroatoms. The molecular weight excluding hydrogens is 464 g/mol. The molecule has 150 valence electrons. The highest BCUT2D eigenvalue weighted by Crippen LogP contribution is 2.29. The van der Waals surface area contributed by atoms with Gasteiger partial charge in [-0.2, -0.15) is 0 Å². The van der Waals surface area contributed by atoms with Crippen LogP contribution in [-0.4, -0.2) is 38.4 Å². The Morgan fingerprint density at radius 3 is 2.53 bits per heavy atom. The number of aromatic nitrogens is 4. The maximum Gasteiger partial charge on any atom is 0.196 e. The number of nitrogens with zero attached hydrogens (tertiary/aromatic N) is 4.